The molecule has 0 bridgehead atoms. The largest absolute Gasteiger partial charge is 0.490 e. The molecule has 0 aliphatic carbocycles. The van der Waals surface area contributed by atoms with E-state index < -0.39 is 0 Å². The van der Waals surface area contributed by atoms with Crippen LogP contribution in [0, 0.1) is 13.8 Å². The molecule has 6 heteroatoms. The van der Waals surface area contributed by atoms with Gasteiger partial charge in [-0.2, -0.15) is 0 Å². The monoisotopic (exact) mass is 297 g/mol. The van der Waals surface area contributed by atoms with Crippen LogP contribution < -0.4 is 10.1 Å². The number of hydrogen-bond acceptors (Lipinski definition) is 5. The molecule has 1 atom stereocenters. The molecule has 1 unspecified atom stereocenters. The first kappa shape index (κ1) is 14.1. The smallest absolute Gasteiger partial charge is 0.198 e. The maximum atomic E-state index is 5.98. The van der Waals surface area contributed by atoms with Crippen LogP contribution >= 0.6 is 22.9 Å². The molecule has 2 aromatic heterocycles. The van der Waals surface area contributed by atoms with Crippen molar-refractivity contribution in [1.82, 2.24) is 9.97 Å². The standard InChI is InChI=1S/C13H16ClN3OS/c1-7-5-10(9(3)19-7)8(2)17-13-11(18-4)12(14)15-6-16-13/h5-6,8H,1-4H3,(H,15,16,17). The summed E-state index contributed by atoms with van der Waals surface area (Å²) in [6.45, 7) is 6.31. The third kappa shape index (κ3) is 2.98. The van der Waals surface area contributed by atoms with Gasteiger partial charge in [-0.25, -0.2) is 9.97 Å². The van der Waals surface area contributed by atoms with E-state index in [1.165, 1.54) is 21.6 Å². The summed E-state index contributed by atoms with van der Waals surface area (Å²) in [5, 5.41) is 3.63. The third-order valence-electron chi connectivity index (χ3n) is 2.86. The molecule has 0 saturated heterocycles. The van der Waals surface area contributed by atoms with Gasteiger partial charge in [0.1, 0.15) is 6.33 Å². The summed E-state index contributed by atoms with van der Waals surface area (Å²) in [6.07, 6.45) is 1.42. The first-order valence-electron chi connectivity index (χ1n) is 5.91. The van der Waals surface area contributed by atoms with Gasteiger partial charge in [0.2, 0.25) is 0 Å². The van der Waals surface area contributed by atoms with E-state index in [1.807, 2.05) is 0 Å². The van der Waals surface area contributed by atoms with Gasteiger partial charge >= 0.3 is 0 Å². The van der Waals surface area contributed by atoms with Crippen LogP contribution in [0.5, 0.6) is 5.75 Å². The van der Waals surface area contributed by atoms with Gasteiger partial charge in [-0.3, -0.25) is 0 Å². The maximum absolute atomic E-state index is 5.98. The topological polar surface area (TPSA) is 47.0 Å². The summed E-state index contributed by atoms with van der Waals surface area (Å²) in [6, 6.07) is 2.32. The average molecular weight is 298 g/mol. The van der Waals surface area contributed by atoms with E-state index >= 15 is 0 Å². The Bertz CT molecular complexity index is 585. The van der Waals surface area contributed by atoms with Crippen molar-refractivity contribution in [3.63, 3.8) is 0 Å². The minimum atomic E-state index is 0.129. The number of halogens is 1. The maximum Gasteiger partial charge on any atom is 0.198 e. The number of thiophene rings is 1. The Morgan fingerprint density at radius 3 is 2.68 bits per heavy atom. The minimum absolute atomic E-state index is 0.129. The van der Waals surface area contributed by atoms with Crippen LogP contribution in [0.2, 0.25) is 5.15 Å². The summed E-state index contributed by atoms with van der Waals surface area (Å²) >= 11 is 7.77. The highest BCUT2D eigenvalue weighted by atomic mass is 35.5. The van der Waals surface area contributed by atoms with Crippen molar-refractivity contribution in [2.45, 2.75) is 26.8 Å². The molecule has 0 aliphatic rings. The van der Waals surface area contributed by atoms with E-state index in [0.717, 1.165) is 0 Å². The van der Waals surface area contributed by atoms with Crippen molar-refractivity contribution in [2.75, 3.05) is 12.4 Å². The minimum Gasteiger partial charge on any atom is -0.490 e. The lowest BCUT2D eigenvalue weighted by molar-refractivity contribution is 0.412. The van der Waals surface area contributed by atoms with E-state index in [1.54, 1.807) is 18.4 Å². The Kier molecular flexibility index (Phi) is 4.27. The van der Waals surface area contributed by atoms with Gasteiger partial charge in [0, 0.05) is 9.75 Å². The fourth-order valence-corrected chi connectivity index (χ4v) is 3.23. The Labute approximate surface area is 121 Å². The number of nitrogens with one attached hydrogen (secondary N) is 1. The zero-order valence-electron chi connectivity index (χ0n) is 11.3. The molecule has 0 amide bonds. The number of hydrogen-bond donors (Lipinski definition) is 1. The van der Waals surface area contributed by atoms with Crippen LogP contribution in [0.3, 0.4) is 0 Å². The second-order valence-electron chi connectivity index (χ2n) is 4.28. The first-order valence-corrected chi connectivity index (χ1v) is 7.10. The molecule has 102 valence electrons. The van der Waals surface area contributed by atoms with Crippen molar-refractivity contribution in [3.8, 4) is 5.75 Å². The predicted octanol–water partition coefficient (Wildman–Crippen LogP) is 3.99. The summed E-state index contributed by atoms with van der Waals surface area (Å²) < 4.78 is 5.23. The van der Waals surface area contributed by atoms with Crippen molar-refractivity contribution in [3.05, 3.63) is 32.9 Å². The first-order chi connectivity index (χ1) is 9.02. The second kappa shape index (κ2) is 5.75. The molecule has 2 aromatic rings. The van der Waals surface area contributed by atoms with Crippen LogP contribution in [0.15, 0.2) is 12.4 Å². The summed E-state index contributed by atoms with van der Waals surface area (Å²) in [7, 11) is 1.56. The SMILES string of the molecule is COc1c(Cl)ncnc1NC(C)c1cc(C)sc1C. The predicted molar refractivity (Wildman–Crippen MR) is 79.4 cm³/mol. The van der Waals surface area contributed by atoms with Crippen molar-refractivity contribution in [2.24, 2.45) is 0 Å². The van der Waals surface area contributed by atoms with Crippen molar-refractivity contribution < 1.29 is 4.74 Å². The number of rotatable bonds is 4. The Balaban J connectivity index is 2.26. The Morgan fingerprint density at radius 1 is 1.37 bits per heavy atom. The molecule has 0 spiro atoms. The van der Waals surface area contributed by atoms with Crippen LogP contribution in [-0.4, -0.2) is 17.1 Å². The lowest BCUT2D eigenvalue weighted by atomic mass is 10.1. The van der Waals surface area contributed by atoms with E-state index in [-0.39, 0.29) is 6.04 Å². The van der Waals surface area contributed by atoms with E-state index in [2.05, 4.69) is 42.1 Å². The molecule has 0 aliphatic heterocycles. The zero-order chi connectivity index (χ0) is 14.0. The van der Waals surface area contributed by atoms with Gasteiger partial charge < -0.3 is 10.1 Å². The normalized spacial score (nSPS) is 12.3. The zero-order valence-corrected chi connectivity index (χ0v) is 12.9. The number of methoxy groups -OCH3 is 1. The van der Waals surface area contributed by atoms with E-state index in [0.29, 0.717) is 16.7 Å². The molecule has 0 saturated carbocycles. The number of aryl methyl sites for hydroxylation is 2. The second-order valence-corrected chi connectivity index (χ2v) is 6.10. The molecule has 19 heavy (non-hydrogen) atoms. The lowest BCUT2D eigenvalue weighted by Gasteiger charge is -2.16. The molecule has 4 nitrogen and oxygen atoms in total. The number of aromatic nitrogens is 2. The summed E-state index contributed by atoms with van der Waals surface area (Å²) in [4.78, 5) is 10.7. The molecular weight excluding hydrogens is 282 g/mol. The Hall–Kier alpha value is -1.33. The quantitative estimate of drug-likeness (QED) is 0.867. The molecule has 2 heterocycles. The molecule has 0 aromatic carbocycles. The molecule has 0 radical (unpaired) electrons. The molecule has 0 fully saturated rings. The fraction of sp³-hybridized carbons (Fsp3) is 0.385. The van der Waals surface area contributed by atoms with Gasteiger partial charge in [-0.05, 0) is 32.4 Å². The molecule has 2 rings (SSSR count). The van der Waals surface area contributed by atoms with Gasteiger partial charge in [0.25, 0.3) is 0 Å². The number of nitrogens with zero attached hydrogens (tertiary/aromatic N) is 2. The summed E-state index contributed by atoms with van der Waals surface area (Å²) in [5.41, 5.74) is 1.26. The Morgan fingerprint density at radius 2 is 2.11 bits per heavy atom. The van der Waals surface area contributed by atoms with Crippen molar-refractivity contribution >= 4 is 28.8 Å². The summed E-state index contributed by atoms with van der Waals surface area (Å²) in [5.74, 6) is 1.08. The molecule has 1 N–H and O–H groups in total. The van der Waals surface area contributed by atoms with Crippen LogP contribution in [0.4, 0.5) is 5.82 Å². The van der Waals surface area contributed by atoms with Gasteiger partial charge in [-0.1, -0.05) is 11.6 Å². The van der Waals surface area contributed by atoms with Crippen LogP contribution in [-0.2, 0) is 0 Å². The highest BCUT2D eigenvalue weighted by molar-refractivity contribution is 7.12. The van der Waals surface area contributed by atoms with E-state index in [4.69, 9.17) is 16.3 Å². The van der Waals surface area contributed by atoms with Crippen molar-refractivity contribution in [1.29, 1.82) is 0 Å². The fourth-order valence-electron chi connectivity index (χ4n) is 2.00. The van der Waals surface area contributed by atoms with Gasteiger partial charge in [0.05, 0.1) is 13.2 Å². The molecular formula is C13H16ClN3OS. The lowest BCUT2D eigenvalue weighted by Crippen LogP contribution is -2.09. The van der Waals surface area contributed by atoms with Gasteiger partial charge in [0.15, 0.2) is 16.7 Å². The highest BCUT2D eigenvalue weighted by Gasteiger charge is 2.16. The average Bonchev–Trinajstić information content (AvgIpc) is 2.69. The highest BCUT2D eigenvalue weighted by Crippen LogP contribution is 2.33. The van der Waals surface area contributed by atoms with Gasteiger partial charge in [-0.15, -0.1) is 11.3 Å². The van der Waals surface area contributed by atoms with E-state index in [9.17, 15) is 0 Å². The van der Waals surface area contributed by atoms with Crippen LogP contribution in [0.25, 0.3) is 0 Å². The number of anilines is 1. The number of ether oxygens (including phenoxy) is 1. The van der Waals surface area contributed by atoms with Crippen LogP contribution in [0.1, 0.15) is 28.3 Å². The third-order valence-corrected chi connectivity index (χ3v) is 4.11.